The van der Waals surface area contributed by atoms with Gasteiger partial charge in [0.1, 0.15) is 11.4 Å². The molecule has 0 spiro atoms. The zero-order chi connectivity index (χ0) is 24.4. The lowest BCUT2D eigenvalue weighted by Crippen LogP contribution is -2.53. The van der Waals surface area contributed by atoms with E-state index in [1.165, 1.54) is 25.2 Å². The van der Waals surface area contributed by atoms with Gasteiger partial charge in [0.05, 0.1) is 12.1 Å². The maximum atomic E-state index is 13.3. The molecule has 1 unspecified atom stereocenters. The van der Waals surface area contributed by atoms with Crippen LogP contribution >= 0.6 is 0 Å². The molecular weight excluding hydrogens is 430 g/mol. The lowest BCUT2D eigenvalue weighted by Gasteiger charge is -2.41. The van der Waals surface area contributed by atoms with Gasteiger partial charge >= 0.3 is 5.69 Å². The van der Waals surface area contributed by atoms with Crippen LogP contribution in [-0.4, -0.2) is 56.9 Å². The zero-order valence-corrected chi connectivity index (χ0v) is 19.8. The number of ketones is 1. The summed E-state index contributed by atoms with van der Waals surface area (Å²) in [5.41, 5.74) is 7.16. The molecule has 0 saturated carbocycles. The predicted molar refractivity (Wildman–Crippen MR) is 133 cm³/mol. The molecule has 1 atom stereocenters. The molecule has 1 aromatic heterocycles. The summed E-state index contributed by atoms with van der Waals surface area (Å²) in [7, 11) is 2.82. The molecule has 1 aliphatic rings. The molecule has 2 aromatic carbocycles. The van der Waals surface area contributed by atoms with Crippen molar-refractivity contribution in [2.75, 3.05) is 31.9 Å². The Morgan fingerprint density at radius 3 is 1.76 bits per heavy atom. The number of anilines is 1. The second-order valence-electron chi connectivity index (χ2n) is 8.80. The predicted octanol–water partition coefficient (Wildman–Crippen LogP) is 1.64. The molecule has 1 fully saturated rings. The lowest BCUT2D eigenvalue weighted by molar-refractivity contribution is 0.0638. The van der Waals surface area contributed by atoms with Gasteiger partial charge in [0.25, 0.3) is 5.56 Å². The fourth-order valence-corrected chi connectivity index (χ4v) is 4.73. The monoisotopic (exact) mass is 461 g/mol. The smallest absolute Gasteiger partial charge is 0.332 e. The molecule has 4 rings (SSSR count). The maximum absolute atomic E-state index is 13.3. The van der Waals surface area contributed by atoms with E-state index in [1.54, 1.807) is 6.92 Å². The third-order valence-electron chi connectivity index (χ3n) is 6.83. The van der Waals surface area contributed by atoms with E-state index in [4.69, 9.17) is 5.73 Å². The quantitative estimate of drug-likeness (QED) is 0.561. The summed E-state index contributed by atoms with van der Waals surface area (Å²) in [6, 6.07) is 20.5. The molecule has 2 heterocycles. The van der Waals surface area contributed by atoms with Gasteiger partial charge in [0.15, 0.2) is 5.78 Å². The molecule has 8 heteroatoms. The Morgan fingerprint density at radius 2 is 1.26 bits per heavy atom. The first kappa shape index (κ1) is 23.7. The van der Waals surface area contributed by atoms with Crippen molar-refractivity contribution >= 4 is 11.6 Å². The summed E-state index contributed by atoms with van der Waals surface area (Å²) in [6.07, 6.45) is 0. The van der Waals surface area contributed by atoms with E-state index in [9.17, 15) is 14.4 Å². The zero-order valence-electron chi connectivity index (χ0n) is 19.8. The van der Waals surface area contributed by atoms with Crippen molar-refractivity contribution in [3.05, 3.63) is 98.2 Å². The van der Waals surface area contributed by atoms with Crippen molar-refractivity contribution in [2.45, 2.75) is 19.0 Å². The molecule has 0 aliphatic carbocycles. The van der Waals surface area contributed by atoms with Gasteiger partial charge in [-0.25, -0.2) is 4.79 Å². The Hall–Kier alpha value is -3.49. The van der Waals surface area contributed by atoms with Gasteiger partial charge < -0.3 is 5.73 Å². The number of aromatic nitrogens is 2. The largest absolute Gasteiger partial charge is 0.384 e. The average Bonchev–Trinajstić information content (AvgIpc) is 2.88. The van der Waals surface area contributed by atoms with Crippen LogP contribution in [0, 0.1) is 0 Å². The van der Waals surface area contributed by atoms with Gasteiger partial charge in [-0.15, -0.1) is 0 Å². The van der Waals surface area contributed by atoms with Gasteiger partial charge in [-0.3, -0.25) is 28.5 Å². The van der Waals surface area contributed by atoms with Crippen LogP contribution in [0.15, 0.2) is 70.3 Å². The third-order valence-corrected chi connectivity index (χ3v) is 6.83. The van der Waals surface area contributed by atoms with E-state index < -0.39 is 17.3 Å². The fraction of sp³-hybridized carbons (Fsp3) is 0.346. The van der Waals surface area contributed by atoms with Gasteiger partial charge in [-0.1, -0.05) is 60.7 Å². The van der Waals surface area contributed by atoms with Crippen LogP contribution in [0.3, 0.4) is 0 Å². The highest BCUT2D eigenvalue weighted by Gasteiger charge is 2.32. The molecule has 3 aromatic rings. The number of hydrogen-bond donors (Lipinski definition) is 1. The first-order chi connectivity index (χ1) is 16.3. The van der Waals surface area contributed by atoms with Gasteiger partial charge in [-0.05, 0) is 18.1 Å². The number of Topliss-reactive ketones (excluding diaryl/α,β-unsaturated/α-hetero) is 1. The molecule has 1 saturated heterocycles. The van der Waals surface area contributed by atoms with Crippen LogP contribution < -0.4 is 17.0 Å². The number of benzene rings is 2. The fourth-order valence-electron chi connectivity index (χ4n) is 4.73. The molecule has 0 bridgehead atoms. The van der Waals surface area contributed by atoms with E-state index in [1.807, 2.05) is 12.1 Å². The summed E-state index contributed by atoms with van der Waals surface area (Å²) in [6.45, 7) is 4.69. The summed E-state index contributed by atoms with van der Waals surface area (Å²) >= 11 is 0. The Morgan fingerprint density at radius 1 is 0.794 bits per heavy atom. The maximum Gasteiger partial charge on any atom is 0.332 e. The number of carbonyl (C=O) groups is 1. The molecule has 0 radical (unpaired) electrons. The highest BCUT2D eigenvalue weighted by molar-refractivity contribution is 6.03. The number of rotatable bonds is 6. The van der Waals surface area contributed by atoms with Crippen molar-refractivity contribution in [1.82, 2.24) is 18.9 Å². The molecule has 8 nitrogen and oxygen atoms in total. The van der Waals surface area contributed by atoms with Gasteiger partial charge in [0.2, 0.25) is 0 Å². The lowest BCUT2D eigenvalue weighted by atomic mass is 9.96. The highest BCUT2D eigenvalue weighted by Crippen LogP contribution is 2.29. The Balaban J connectivity index is 1.54. The van der Waals surface area contributed by atoms with Crippen molar-refractivity contribution < 1.29 is 4.79 Å². The SMILES string of the molecule is CC(C(=O)c1c(N)n(C)c(=O)n(C)c1=O)N1CCN(C(c2ccccc2)c2ccccc2)CC1. The van der Waals surface area contributed by atoms with Crippen LogP contribution in [-0.2, 0) is 14.1 Å². The van der Waals surface area contributed by atoms with Crippen LogP contribution in [0.2, 0.25) is 0 Å². The van der Waals surface area contributed by atoms with Crippen molar-refractivity contribution in [3.63, 3.8) is 0 Å². The van der Waals surface area contributed by atoms with Crippen molar-refractivity contribution in [2.24, 2.45) is 14.1 Å². The standard InChI is InChI=1S/C26H31N5O3/c1-18(23(32)21-24(27)28(2)26(34)29(3)25(21)33)30-14-16-31(17-15-30)22(19-10-6-4-7-11-19)20-12-8-5-9-13-20/h4-13,18,22H,14-17,27H2,1-3H3. The highest BCUT2D eigenvalue weighted by atomic mass is 16.2. The number of nitrogen functional groups attached to an aromatic ring is 1. The molecule has 34 heavy (non-hydrogen) atoms. The second-order valence-corrected chi connectivity index (χ2v) is 8.80. The van der Waals surface area contributed by atoms with Crippen molar-refractivity contribution in [3.8, 4) is 0 Å². The third kappa shape index (κ3) is 4.34. The molecule has 2 N–H and O–H groups in total. The van der Waals surface area contributed by atoms with Crippen LogP contribution in [0.25, 0.3) is 0 Å². The van der Waals surface area contributed by atoms with Crippen LogP contribution in [0.1, 0.15) is 34.5 Å². The number of nitrogens with two attached hydrogens (primary N) is 1. The minimum absolute atomic E-state index is 0.0863. The van der Waals surface area contributed by atoms with Crippen LogP contribution in [0.4, 0.5) is 5.82 Å². The first-order valence-electron chi connectivity index (χ1n) is 11.5. The van der Waals surface area contributed by atoms with E-state index in [-0.39, 0.29) is 23.2 Å². The Kier molecular flexibility index (Phi) is 6.81. The average molecular weight is 462 g/mol. The van der Waals surface area contributed by atoms with E-state index >= 15 is 0 Å². The summed E-state index contributed by atoms with van der Waals surface area (Å²) in [4.78, 5) is 42.6. The second kappa shape index (κ2) is 9.79. The molecule has 0 amide bonds. The van der Waals surface area contributed by atoms with E-state index in [0.717, 1.165) is 22.2 Å². The molecular formula is C26H31N5O3. The van der Waals surface area contributed by atoms with E-state index in [2.05, 4.69) is 58.3 Å². The normalized spacial score (nSPS) is 16.0. The number of piperazine rings is 1. The Bertz CT molecular complexity index is 1240. The summed E-state index contributed by atoms with van der Waals surface area (Å²) < 4.78 is 2.07. The first-order valence-corrected chi connectivity index (χ1v) is 11.5. The minimum atomic E-state index is -0.649. The number of carbonyl (C=O) groups excluding carboxylic acids is 1. The summed E-state index contributed by atoms with van der Waals surface area (Å²) in [5, 5.41) is 0. The van der Waals surface area contributed by atoms with Crippen molar-refractivity contribution in [1.29, 1.82) is 0 Å². The molecule has 1 aliphatic heterocycles. The van der Waals surface area contributed by atoms with Gasteiger partial charge in [0, 0.05) is 40.3 Å². The van der Waals surface area contributed by atoms with Gasteiger partial charge in [-0.2, -0.15) is 0 Å². The van der Waals surface area contributed by atoms with E-state index in [0.29, 0.717) is 13.1 Å². The summed E-state index contributed by atoms with van der Waals surface area (Å²) in [5.74, 6) is -0.443. The topological polar surface area (TPSA) is 93.6 Å². The number of nitrogens with zero attached hydrogens (tertiary/aromatic N) is 4. The molecule has 178 valence electrons. The minimum Gasteiger partial charge on any atom is -0.384 e. The van der Waals surface area contributed by atoms with Crippen LogP contribution in [0.5, 0.6) is 0 Å². The number of hydrogen-bond acceptors (Lipinski definition) is 6. The Labute approximate surface area is 198 Å².